The number of fused-ring (bicyclic) bond motifs is 1. The van der Waals surface area contributed by atoms with Crippen molar-refractivity contribution in [3.05, 3.63) is 119 Å². The largest absolute Gasteiger partial charge is 0.340 e. The number of rotatable bonds is 4. The minimum Gasteiger partial charge on any atom is -0.340 e. The summed E-state index contributed by atoms with van der Waals surface area (Å²) in [6.45, 7) is 0. The molecule has 2 aromatic heterocycles. The summed E-state index contributed by atoms with van der Waals surface area (Å²) < 4.78 is 43.7. The zero-order chi connectivity index (χ0) is 22.9. The first-order valence-electron chi connectivity index (χ1n) is 10.1. The van der Waals surface area contributed by atoms with E-state index >= 15 is 0 Å². The summed E-state index contributed by atoms with van der Waals surface area (Å²) in [5.74, 6) is -1.59. The number of benzene rings is 3. The Kier molecular flexibility index (Phi) is 5.14. The van der Waals surface area contributed by atoms with Crippen molar-refractivity contribution in [3.63, 3.8) is 0 Å². The van der Waals surface area contributed by atoms with Crippen molar-refractivity contribution in [1.82, 2.24) is 9.55 Å². The average molecular weight is 443 g/mol. The summed E-state index contributed by atoms with van der Waals surface area (Å²) in [5, 5.41) is 3.59. The van der Waals surface area contributed by atoms with Crippen molar-refractivity contribution in [3.8, 4) is 16.8 Å². The molecule has 0 radical (unpaired) electrons. The van der Waals surface area contributed by atoms with E-state index in [4.69, 9.17) is 0 Å². The fourth-order valence-electron chi connectivity index (χ4n) is 3.72. The quantitative estimate of drug-likeness (QED) is 0.359. The highest BCUT2D eigenvalue weighted by atomic mass is 19.1. The normalized spacial score (nSPS) is 11.0. The molecule has 5 aromatic rings. The van der Waals surface area contributed by atoms with Crippen LogP contribution in [0, 0.1) is 17.5 Å². The van der Waals surface area contributed by atoms with Crippen LogP contribution >= 0.6 is 0 Å². The molecule has 3 aromatic carbocycles. The van der Waals surface area contributed by atoms with Crippen molar-refractivity contribution in [2.45, 2.75) is 0 Å². The Morgan fingerprint density at radius 2 is 1.48 bits per heavy atom. The Morgan fingerprint density at radius 1 is 0.788 bits per heavy atom. The molecule has 0 atom stereocenters. The van der Waals surface area contributed by atoms with Crippen LogP contribution in [0.5, 0.6) is 0 Å². The predicted octanol–water partition coefficient (Wildman–Crippen LogP) is 6.21. The van der Waals surface area contributed by atoms with Crippen LogP contribution in [-0.2, 0) is 0 Å². The maximum atomic E-state index is 14.5. The van der Waals surface area contributed by atoms with E-state index in [-0.39, 0.29) is 16.9 Å². The Bertz CT molecular complexity index is 1510. The third kappa shape index (κ3) is 3.85. The predicted molar refractivity (Wildman–Crippen MR) is 122 cm³/mol. The minimum atomic E-state index is -0.825. The van der Waals surface area contributed by atoms with Crippen LogP contribution in [0.3, 0.4) is 0 Å². The van der Waals surface area contributed by atoms with Gasteiger partial charge in [0.05, 0.1) is 16.6 Å². The van der Waals surface area contributed by atoms with Crippen LogP contribution < -0.4 is 10.9 Å². The van der Waals surface area contributed by atoms with Crippen LogP contribution in [0.15, 0.2) is 95.9 Å². The zero-order valence-corrected chi connectivity index (χ0v) is 17.1. The molecular weight excluding hydrogens is 427 g/mol. The molecule has 4 nitrogen and oxygen atoms in total. The number of aromatic nitrogens is 2. The van der Waals surface area contributed by atoms with E-state index in [1.165, 1.54) is 35.0 Å². The molecule has 7 heteroatoms. The number of pyridine rings is 2. The van der Waals surface area contributed by atoms with Gasteiger partial charge in [-0.3, -0.25) is 9.36 Å². The summed E-state index contributed by atoms with van der Waals surface area (Å²) >= 11 is 0. The van der Waals surface area contributed by atoms with Gasteiger partial charge in [-0.1, -0.05) is 24.3 Å². The molecule has 0 aliphatic rings. The van der Waals surface area contributed by atoms with Gasteiger partial charge in [-0.25, -0.2) is 18.2 Å². The molecule has 0 aliphatic heterocycles. The minimum absolute atomic E-state index is 0.108. The first kappa shape index (κ1) is 20.5. The first-order chi connectivity index (χ1) is 16.0. The second-order valence-corrected chi connectivity index (χ2v) is 7.39. The lowest BCUT2D eigenvalue weighted by molar-refractivity contribution is 0.589. The van der Waals surface area contributed by atoms with Crippen molar-refractivity contribution < 1.29 is 13.2 Å². The number of para-hydroxylation sites is 1. The van der Waals surface area contributed by atoms with E-state index in [1.54, 1.807) is 48.5 Å². The van der Waals surface area contributed by atoms with Crippen molar-refractivity contribution in [2.24, 2.45) is 0 Å². The summed E-state index contributed by atoms with van der Waals surface area (Å²) in [5.41, 5.74) is 0.570. The third-order valence-electron chi connectivity index (χ3n) is 5.25. The van der Waals surface area contributed by atoms with Gasteiger partial charge in [0.25, 0.3) is 5.56 Å². The zero-order valence-electron chi connectivity index (χ0n) is 17.1. The van der Waals surface area contributed by atoms with E-state index in [9.17, 15) is 18.0 Å². The summed E-state index contributed by atoms with van der Waals surface area (Å²) in [4.78, 5) is 17.9. The molecule has 5 rings (SSSR count). The number of hydrogen-bond acceptors (Lipinski definition) is 3. The van der Waals surface area contributed by atoms with Crippen LogP contribution in [0.2, 0.25) is 0 Å². The lowest BCUT2D eigenvalue weighted by atomic mass is 10.0. The Labute approximate surface area is 186 Å². The second kappa shape index (κ2) is 8.27. The SMILES string of the molecule is O=c1c(-c2c(F)cccc2F)cc2cnc(Nc3ccc(F)cc3)cc2n1-c1ccccc1. The molecule has 0 aliphatic carbocycles. The summed E-state index contributed by atoms with van der Waals surface area (Å²) in [7, 11) is 0. The number of anilines is 2. The highest BCUT2D eigenvalue weighted by molar-refractivity contribution is 5.87. The summed E-state index contributed by atoms with van der Waals surface area (Å²) in [6.07, 6.45) is 1.52. The molecule has 0 amide bonds. The standard InChI is InChI=1S/C26H16F3N3O/c27-17-9-11-18(12-10-17)31-24-14-23-16(15-30-24)13-20(25-21(28)7-4-8-22(25)29)26(33)32(23)19-5-2-1-3-6-19/h1-15H,(H,30,31). The highest BCUT2D eigenvalue weighted by Crippen LogP contribution is 2.28. The molecule has 0 saturated carbocycles. The van der Waals surface area contributed by atoms with Crippen LogP contribution in [0.1, 0.15) is 0 Å². The van der Waals surface area contributed by atoms with Gasteiger partial charge in [-0.15, -0.1) is 0 Å². The molecule has 0 saturated heterocycles. The van der Waals surface area contributed by atoms with Crippen molar-refractivity contribution in [2.75, 3.05) is 5.32 Å². The van der Waals surface area contributed by atoms with Crippen LogP contribution in [0.4, 0.5) is 24.7 Å². The van der Waals surface area contributed by atoms with E-state index in [2.05, 4.69) is 10.3 Å². The van der Waals surface area contributed by atoms with Gasteiger partial charge in [0.15, 0.2) is 0 Å². The fourth-order valence-corrected chi connectivity index (χ4v) is 3.72. The van der Waals surface area contributed by atoms with Crippen LogP contribution in [0.25, 0.3) is 27.7 Å². The Morgan fingerprint density at radius 3 is 2.18 bits per heavy atom. The fraction of sp³-hybridized carbons (Fsp3) is 0. The number of hydrogen-bond donors (Lipinski definition) is 1. The molecule has 162 valence electrons. The smallest absolute Gasteiger partial charge is 0.263 e. The molecule has 0 fully saturated rings. The number of nitrogens with one attached hydrogen (secondary N) is 1. The number of nitrogens with zero attached hydrogens (tertiary/aromatic N) is 2. The maximum Gasteiger partial charge on any atom is 0.263 e. The molecule has 0 spiro atoms. The van der Waals surface area contributed by atoms with Gasteiger partial charge in [0, 0.05) is 29.0 Å². The average Bonchev–Trinajstić information content (AvgIpc) is 2.81. The lowest BCUT2D eigenvalue weighted by Gasteiger charge is -2.15. The third-order valence-corrected chi connectivity index (χ3v) is 5.25. The van der Waals surface area contributed by atoms with E-state index in [0.717, 1.165) is 12.1 Å². The van der Waals surface area contributed by atoms with Crippen LogP contribution in [-0.4, -0.2) is 9.55 Å². The molecule has 2 heterocycles. The van der Waals surface area contributed by atoms with Crippen molar-refractivity contribution in [1.29, 1.82) is 0 Å². The first-order valence-corrected chi connectivity index (χ1v) is 10.1. The molecule has 0 unspecified atom stereocenters. The molecule has 33 heavy (non-hydrogen) atoms. The van der Waals surface area contributed by atoms with Gasteiger partial charge in [0.2, 0.25) is 0 Å². The van der Waals surface area contributed by atoms with Gasteiger partial charge >= 0.3 is 0 Å². The Hall–Kier alpha value is -4.39. The lowest BCUT2D eigenvalue weighted by Crippen LogP contribution is -2.21. The van der Waals surface area contributed by atoms with E-state index in [0.29, 0.717) is 28.1 Å². The highest BCUT2D eigenvalue weighted by Gasteiger charge is 2.19. The van der Waals surface area contributed by atoms with E-state index in [1.807, 2.05) is 0 Å². The van der Waals surface area contributed by atoms with E-state index < -0.39 is 17.2 Å². The van der Waals surface area contributed by atoms with Gasteiger partial charge in [-0.2, -0.15) is 0 Å². The second-order valence-electron chi connectivity index (χ2n) is 7.39. The molecular formula is C26H16F3N3O. The maximum absolute atomic E-state index is 14.5. The van der Waals surface area contributed by atoms with Gasteiger partial charge in [0.1, 0.15) is 23.3 Å². The monoisotopic (exact) mass is 443 g/mol. The Balaban J connectivity index is 1.75. The summed E-state index contributed by atoms with van der Waals surface area (Å²) in [6, 6.07) is 21.1. The molecule has 0 bridgehead atoms. The van der Waals surface area contributed by atoms with Gasteiger partial charge < -0.3 is 5.32 Å². The topological polar surface area (TPSA) is 46.9 Å². The number of halogens is 3. The van der Waals surface area contributed by atoms with Gasteiger partial charge in [-0.05, 0) is 54.6 Å². The van der Waals surface area contributed by atoms with Crippen molar-refractivity contribution >= 4 is 22.4 Å². The molecule has 1 N–H and O–H groups in total.